The van der Waals surface area contributed by atoms with Crippen molar-refractivity contribution >= 4 is 22.3 Å². The van der Waals surface area contributed by atoms with Crippen molar-refractivity contribution in [1.29, 1.82) is 0 Å². The zero-order valence-corrected chi connectivity index (χ0v) is 12.4. The molecule has 0 amide bonds. The van der Waals surface area contributed by atoms with Crippen LogP contribution in [0, 0.1) is 13.8 Å². The first-order valence-corrected chi connectivity index (χ1v) is 7.29. The van der Waals surface area contributed by atoms with Crippen LogP contribution in [-0.4, -0.2) is 11.6 Å². The van der Waals surface area contributed by atoms with Gasteiger partial charge in [0.2, 0.25) is 0 Å². The normalized spacial score (nSPS) is 13.2. The van der Waals surface area contributed by atoms with Gasteiger partial charge in [-0.05, 0) is 60.0 Å². The highest BCUT2D eigenvalue weighted by Gasteiger charge is 2.30. The highest BCUT2D eigenvalue weighted by molar-refractivity contribution is 6.29. The summed E-state index contributed by atoms with van der Waals surface area (Å²) in [5.74, 6) is -0.114. The van der Waals surface area contributed by atoms with Crippen molar-refractivity contribution in [1.82, 2.24) is 0 Å². The molecule has 0 saturated carbocycles. The Kier molecular flexibility index (Phi) is 2.58. The summed E-state index contributed by atoms with van der Waals surface area (Å²) in [4.78, 5) is 25.6. The van der Waals surface area contributed by atoms with E-state index in [0.29, 0.717) is 22.3 Å². The minimum absolute atomic E-state index is 0.0570. The summed E-state index contributed by atoms with van der Waals surface area (Å²) in [6, 6.07) is 15.1. The molecule has 22 heavy (non-hydrogen) atoms. The Morgan fingerprint density at radius 1 is 0.591 bits per heavy atom. The van der Waals surface area contributed by atoms with E-state index in [4.69, 9.17) is 0 Å². The van der Waals surface area contributed by atoms with Gasteiger partial charge in [-0.2, -0.15) is 0 Å². The third-order valence-corrected chi connectivity index (χ3v) is 4.50. The third kappa shape index (κ3) is 1.67. The quantitative estimate of drug-likeness (QED) is 0.484. The molecule has 3 aromatic carbocycles. The highest BCUT2D eigenvalue weighted by atomic mass is 16.1. The molecule has 1 aliphatic rings. The number of benzene rings is 3. The lowest BCUT2D eigenvalue weighted by molar-refractivity contribution is 0.0979. The molecule has 2 nitrogen and oxygen atoms in total. The lowest BCUT2D eigenvalue weighted by atomic mass is 9.81. The van der Waals surface area contributed by atoms with Crippen LogP contribution in [0.2, 0.25) is 0 Å². The number of ketones is 2. The van der Waals surface area contributed by atoms with Gasteiger partial charge < -0.3 is 0 Å². The molecule has 0 atom stereocenters. The largest absolute Gasteiger partial charge is 0.289 e. The number of carbonyl (C=O) groups excluding carboxylic acids is 2. The zero-order chi connectivity index (χ0) is 15.4. The topological polar surface area (TPSA) is 34.1 Å². The van der Waals surface area contributed by atoms with Crippen LogP contribution in [0.1, 0.15) is 43.0 Å². The van der Waals surface area contributed by atoms with Gasteiger partial charge in [0.25, 0.3) is 0 Å². The van der Waals surface area contributed by atoms with Gasteiger partial charge in [0.05, 0.1) is 0 Å². The van der Waals surface area contributed by atoms with Gasteiger partial charge in [-0.1, -0.05) is 24.3 Å². The molecule has 0 radical (unpaired) electrons. The van der Waals surface area contributed by atoms with Crippen LogP contribution in [0.5, 0.6) is 0 Å². The van der Waals surface area contributed by atoms with E-state index in [2.05, 4.69) is 0 Å². The number of aryl methyl sites for hydroxylation is 2. The second kappa shape index (κ2) is 4.38. The lowest BCUT2D eigenvalue weighted by Gasteiger charge is -2.19. The molecule has 0 unspecified atom stereocenters. The molecule has 0 aliphatic heterocycles. The van der Waals surface area contributed by atoms with Crippen LogP contribution in [0.15, 0.2) is 48.5 Å². The first kappa shape index (κ1) is 13.0. The Bertz CT molecular complexity index is 901. The minimum Gasteiger partial charge on any atom is -0.289 e. The summed E-state index contributed by atoms with van der Waals surface area (Å²) in [6.07, 6.45) is 0. The summed E-state index contributed by atoms with van der Waals surface area (Å²) in [5, 5.41) is 1.96. The van der Waals surface area contributed by atoms with Gasteiger partial charge in [0.15, 0.2) is 11.6 Å². The summed E-state index contributed by atoms with van der Waals surface area (Å²) in [7, 11) is 0. The number of hydrogen-bond donors (Lipinski definition) is 0. The molecule has 4 rings (SSSR count). The van der Waals surface area contributed by atoms with Crippen LogP contribution in [0.25, 0.3) is 10.8 Å². The maximum Gasteiger partial charge on any atom is 0.194 e. The minimum atomic E-state index is -0.0570. The van der Waals surface area contributed by atoms with Gasteiger partial charge in [-0.25, -0.2) is 0 Å². The Morgan fingerprint density at radius 2 is 0.955 bits per heavy atom. The lowest BCUT2D eigenvalue weighted by Crippen LogP contribution is -2.21. The Hall–Kier alpha value is -2.74. The van der Waals surface area contributed by atoms with Crippen molar-refractivity contribution in [3.63, 3.8) is 0 Å². The van der Waals surface area contributed by atoms with Crippen LogP contribution in [-0.2, 0) is 0 Å². The van der Waals surface area contributed by atoms with E-state index >= 15 is 0 Å². The number of rotatable bonds is 0. The molecule has 0 saturated heterocycles. The Labute approximate surface area is 128 Å². The van der Waals surface area contributed by atoms with Crippen molar-refractivity contribution in [2.75, 3.05) is 0 Å². The second-order valence-electron chi connectivity index (χ2n) is 5.89. The molecular weight excluding hydrogens is 272 g/mol. The van der Waals surface area contributed by atoms with E-state index in [9.17, 15) is 9.59 Å². The SMILES string of the molecule is Cc1cc2c(cc1C)C(=O)c1cc3ccccc3cc1C2=O. The average molecular weight is 286 g/mol. The van der Waals surface area contributed by atoms with Crippen LogP contribution < -0.4 is 0 Å². The summed E-state index contributed by atoms with van der Waals surface area (Å²) in [6.45, 7) is 3.92. The molecule has 2 heteroatoms. The number of carbonyl (C=O) groups is 2. The van der Waals surface area contributed by atoms with E-state index in [0.717, 1.165) is 21.9 Å². The Balaban J connectivity index is 2.05. The maximum absolute atomic E-state index is 12.8. The maximum atomic E-state index is 12.8. The summed E-state index contributed by atoms with van der Waals surface area (Å²) >= 11 is 0. The fourth-order valence-electron chi connectivity index (χ4n) is 3.10. The first-order chi connectivity index (χ1) is 10.6. The van der Waals surface area contributed by atoms with E-state index in [-0.39, 0.29) is 11.6 Å². The van der Waals surface area contributed by atoms with Gasteiger partial charge in [0, 0.05) is 22.3 Å². The Morgan fingerprint density at radius 3 is 1.36 bits per heavy atom. The van der Waals surface area contributed by atoms with E-state index in [1.807, 2.05) is 62.4 Å². The molecule has 0 N–H and O–H groups in total. The van der Waals surface area contributed by atoms with Crippen molar-refractivity contribution in [2.45, 2.75) is 13.8 Å². The van der Waals surface area contributed by atoms with Crippen molar-refractivity contribution in [3.8, 4) is 0 Å². The highest BCUT2D eigenvalue weighted by Crippen LogP contribution is 2.31. The molecule has 0 fully saturated rings. The number of fused-ring (bicyclic) bond motifs is 3. The summed E-state index contributed by atoms with van der Waals surface area (Å²) in [5.41, 5.74) is 4.14. The van der Waals surface area contributed by atoms with E-state index < -0.39 is 0 Å². The van der Waals surface area contributed by atoms with E-state index in [1.165, 1.54) is 0 Å². The fraction of sp³-hybridized carbons (Fsp3) is 0.100. The van der Waals surface area contributed by atoms with Crippen LogP contribution in [0.4, 0.5) is 0 Å². The predicted molar refractivity (Wildman–Crippen MR) is 86.7 cm³/mol. The van der Waals surface area contributed by atoms with Crippen LogP contribution >= 0.6 is 0 Å². The molecule has 0 spiro atoms. The van der Waals surface area contributed by atoms with Crippen molar-refractivity contribution in [3.05, 3.63) is 81.9 Å². The van der Waals surface area contributed by atoms with E-state index in [1.54, 1.807) is 0 Å². The third-order valence-electron chi connectivity index (χ3n) is 4.50. The fourth-order valence-corrected chi connectivity index (χ4v) is 3.10. The van der Waals surface area contributed by atoms with Gasteiger partial charge >= 0.3 is 0 Å². The average Bonchev–Trinajstić information content (AvgIpc) is 2.53. The standard InChI is InChI=1S/C20H14O2/c1-11-7-15-16(8-12(11)2)20(22)18-10-14-6-4-3-5-13(14)9-17(18)19(15)21/h3-10H,1-2H3. The van der Waals surface area contributed by atoms with Gasteiger partial charge in [0.1, 0.15) is 0 Å². The molecule has 3 aromatic rings. The monoisotopic (exact) mass is 286 g/mol. The van der Waals surface area contributed by atoms with Crippen molar-refractivity contribution < 1.29 is 9.59 Å². The predicted octanol–water partition coefficient (Wildman–Crippen LogP) is 4.23. The first-order valence-electron chi connectivity index (χ1n) is 7.29. The summed E-state index contributed by atoms with van der Waals surface area (Å²) < 4.78 is 0. The molecule has 106 valence electrons. The van der Waals surface area contributed by atoms with Gasteiger partial charge in [-0.3, -0.25) is 9.59 Å². The van der Waals surface area contributed by atoms with Crippen LogP contribution in [0.3, 0.4) is 0 Å². The molecule has 0 aromatic heterocycles. The second-order valence-corrected chi connectivity index (χ2v) is 5.89. The molecule has 0 heterocycles. The number of hydrogen-bond acceptors (Lipinski definition) is 2. The molecular formula is C20H14O2. The molecule has 0 bridgehead atoms. The van der Waals surface area contributed by atoms with Gasteiger partial charge in [-0.15, -0.1) is 0 Å². The van der Waals surface area contributed by atoms with Crippen molar-refractivity contribution in [2.24, 2.45) is 0 Å². The smallest absolute Gasteiger partial charge is 0.194 e. The molecule has 1 aliphatic carbocycles. The zero-order valence-electron chi connectivity index (χ0n) is 12.4.